The highest BCUT2D eigenvalue weighted by atomic mass is 16.5. The molecule has 0 amide bonds. The molecule has 2 bridgehead atoms. The number of esters is 1. The Bertz CT molecular complexity index is 447. The van der Waals surface area contributed by atoms with E-state index in [4.69, 9.17) is 4.74 Å². The maximum absolute atomic E-state index is 11.6. The van der Waals surface area contributed by atoms with Crippen LogP contribution in [-0.4, -0.2) is 30.6 Å². The molecule has 2 heterocycles. The van der Waals surface area contributed by atoms with E-state index in [2.05, 4.69) is 35.2 Å². The number of benzene rings is 1. The average Bonchev–Trinajstić information content (AvgIpc) is 2.46. The topological polar surface area (TPSA) is 29.5 Å². The fourth-order valence-electron chi connectivity index (χ4n) is 3.80. The maximum Gasteiger partial charge on any atom is 0.306 e. The molecule has 20 heavy (non-hydrogen) atoms. The van der Waals surface area contributed by atoms with Crippen LogP contribution in [0.25, 0.3) is 0 Å². The van der Waals surface area contributed by atoms with Crippen LogP contribution in [0.2, 0.25) is 0 Å². The molecule has 2 aliphatic heterocycles. The van der Waals surface area contributed by atoms with Gasteiger partial charge >= 0.3 is 5.97 Å². The van der Waals surface area contributed by atoms with Crippen molar-refractivity contribution < 1.29 is 9.53 Å². The van der Waals surface area contributed by atoms with Crippen LogP contribution in [0.4, 0.5) is 0 Å². The highest BCUT2D eigenvalue weighted by molar-refractivity contribution is 5.69. The molecule has 3 nitrogen and oxygen atoms in total. The molecule has 1 saturated carbocycles. The van der Waals surface area contributed by atoms with Crippen LogP contribution < -0.4 is 0 Å². The summed E-state index contributed by atoms with van der Waals surface area (Å²) < 4.78 is 5.08. The highest BCUT2D eigenvalue weighted by Gasteiger charge is 2.47. The number of carbonyl (C=O) groups excluding carboxylic acids is 1. The number of carbonyl (C=O) groups is 1. The van der Waals surface area contributed by atoms with Crippen molar-refractivity contribution in [3.8, 4) is 0 Å². The molecule has 1 aromatic rings. The van der Waals surface area contributed by atoms with E-state index in [0.717, 1.165) is 19.6 Å². The zero-order valence-electron chi connectivity index (χ0n) is 12.1. The molecule has 1 aliphatic carbocycles. The summed E-state index contributed by atoms with van der Waals surface area (Å²) in [6, 6.07) is 10.6. The van der Waals surface area contributed by atoms with E-state index in [1.54, 1.807) is 0 Å². The number of hydrogen-bond acceptors (Lipinski definition) is 3. The van der Waals surface area contributed by atoms with Crippen molar-refractivity contribution in [2.24, 2.45) is 17.8 Å². The van der Waals surface area contributed by atoms with Gasteiger partial charge in [0.2, 0.25) is 0 Å². The van der Waals surface area contributed by atoms with Crippen molar-refractivity contribution in [1.29, 1.82) is 0 Å². The van der Waals surface area contributed by atoms with Gasteiger partial charge in [-0.3, -0.25) is 9.69 Å². The third kappa shape index (κ3) is 2.88. The molecule has 0 spiro atoms. The summed E-state index contributed by atoms with van der Waals surface area (Å²) in [6.45, 7) is 5.69. The van der Waals surface area contributed by atoms with Crippen LogP contribution in [0.15, 0.2) is 30.3 Å². The first kappa shape index (κ1) is 13.6. The molecular weight excluding hydrogens is 250 g/mol. The van der Waals surface area contributed by atoms with E-state index in [-0.39, 0.29) is 5.97 Å². The fraction of sp³-hybridized carbons (Fsp3) is 0.588. The fourth-order valence-corrected chi connectivity index (χ4v) is 3.80. The molecule has 2 atom stereocenters. The second kappa shape index (κ2) is 5.96. The summed E-state index contributed by atoms with van der Waals surface area (Å²) >= 11 is 0. The minimum atomic E-state index is -0.0105. The van der Waals surface area contributed by atoms with Crippen molar-refractivity contribution in [3.05, 3.63) is 35.9 Å². The lowest BCUT2D eigenvalue weighted by Crippen LogP contribution is -2.55. The van der Waals surface area contributed by atoms with Gasteiger partial charge in [0.1, 0.15) is 0 Å². The van der Waals surface area contributed by atoms with Gasteiger partial charge in [0, 0.05) is 26.1 Å². The Morgan fingerprint density at radius 1 is 1.25 bits per heavy atom. The number of ether oxygens (including phenoxy) is 1. The molecule has 2 unspecified atom stereocenters. The monoisotopic (exact) mass is 273 g/mol. The Labute approximate surface area is 120 Å². The number of rotatable bonds is 5. The summed E-state index contributed by atoms with van der Waals surface area (Å²) in [5, 5.41) is 0. The normalized spacial score (nSPS) is 28.8. The van der Waals surface area contributed by atoms with Crippen LogP contribution >= 0.6 is 0 Å². The maximum atomic E-state index is 11.6. The molecule has 2 saturated heterocycles. The van der Waals surface area contributed by atoms with Gasteiger partial charge in [-0.1, -0.05) is 30.3 Å². The van der Waals surface area contributed by atoms with Gasteiger partial charge < -0.3 is 4.74 Å². The summed E-state index contributed by atoms with van der Waals surface area (Å²) in [6.07, 6.45) is 1.93. The van der Waals surface area contributed by atoms with E-state index in [9.17, 15) is 4.79 Å². The van der Waals surface area contributed by atoms with Crippen molar-refractivity contribution in [2.45, 2.75) is 26.3 Å². The third-order valence-corrected chi connectivity index (χ3v) is 4.76. The molecular formula is C17H23NO2. The summed E-state index contributed by atoms with van der Waals surface area (Å²) in [5.41, 5.74) is 1.38. The lowest BCUT2D eigenvalue weighted by atomic mass is 9.60. The lowest BCUT2D eigenvalue weighted by Gasteiger charge is -2.53. The second-order valence-electron chi connectivity index (χ2n) is 6.11. The molecule has 0 N–H and O–H groups in total. The van der Waals surface area contributed by atoms with Crippen molar-refractivity contribution >= 4 is 5.97 Å². The van der Waals surface area contributed by atoms with Crippen molar-refractivity contribution in [3.63, 3.8) is 0 Å². The van der Waals surface area contributed by atoms with Gasteiger partial charge in [0.15, 0.2) is 0 Å². The third-order valence-electron chi connectivity index (χ3n) is 4.76. The Hall–Kier alpha value is -1.35. The van der Waals surface area contributed by atoms with E-state index in [1.165, 1.54) is 12.0 Å². The number of fused-ring (bicyclic) bond motifs is 2. The quantitative estimate of drug-likeness (QED) is 0.773. The molecule has 3 fully saturated rings. The molecule has 108 valence electrons. The number of hydrogen-bond donors (Lipinski definition) is 0. The Morgan fingerprint density at radius 2 is 1.95 bits per heavy atom. The van der Waals surface area contributed by atoms with Crippen molar-refractivity contribution in [1.82, 2.24) is 4.90 Å². The molecule has 0 aromatic heterocycles. The predicted octanol–water partition coefficient (Wildman–Crippen LogP) is 2.71. The van der Waals surface area contributed by atoms with Crippen LogP contribution in [0, 0.1) is 17.8 Å². The molecule has 0 radical (unpaired) electrons. The largest absolute Gasteiger partial charge is 0.466 e. The van der Waals surface area contributed by atoms with Gasteiger partial charge in [0.05, 0.1) is 6.61 Å². The number of piperidine rings is 2. The molecule has 3 heteroatoms. The summed E-state index contributed by atoms with van der Waals surface area (Å²) in [7, 11) is 0. The Kier molecular flexibility index (Phi) is 4.06. The molecule has 3 aliphatic rings. The minimum absolute atomic E-state index is 0.0105. The van der Waals surface area contributed by atoms with Gasteiger partial charge in [-0.25, -0.2) is 0 Å². The van der Waals surface area contributed by atoms with Crippen LogP contribution in [0.1, 0.15) is 25.3 Å². The highest BCUT2D eigenvalue weighted by Crippen LogP contribution is 2.47. The standard InChI is InChI=1S/C17H23NO2/c1-2-20-17(19)9-16-14-8-15(16)12-18(11-14)10-13-6-4-3-5-7-13/h3-7,14-16H,2,8-12H2,1H3. The SMILES string of the molecule is CCOC(=O)CC1C2CC1CN(Cc1ccccc1)C2. The Morgan fingerprint density at radius 3 is 2.60 bits per heavy atom. The smallest absolute Gasteiger partial charge is 0.306 e. The van der Waals surface area contributed by atoms with E-state index in [1.807, 2.05) is 6.92 Å². The first-order valence-electron chi connectivity index (χ1n) is 7.68. The molecule has 4 rings (SSSR count). The first-order chi connectivity index (χ1) is 9.76. The summed E-state index contributed by atoms with van der Waals surface area (Å²) in [4.78, 5) is 14.2. The van der Waals surface area contributed by atoms with Gasteiger partial charge in [-0.05, 0) is 36.7 Å². The Balaban J connectivity index is 1.51. The van der Waals surface area contributed by atoms with Gasteiger partial charge in [-0.2, -0.15) is 0 Å². The second-order valence-corrected chi connectivity index (χ2v) is 6.11. The summed E-state index contributed by atoms with van der Waals surface area (Å²) in [5.74, 6) is 1.95. The van der Waals surface area contributed by atoms with E-state index >= 15 is 0 Å². The van der Waals surface area contributed by atoms with E-state index < -0.39 is 0 Å². The first-order valence-corrected chi connectivity index (χ1v) is 7.68. The minimum Gasteiger partial charge on any atom is -0.466 e. The lowest BCUT2D eigenvalue weighted by molar-refractivity contribution is -0.149. The predicted molar refractivity (Wildman–Crippen MR) is 78.1 cm³/mol. The van der Waals surface area contributed by atoms with Crippen LogP contribution in [-0.2, 0) is 16.1 Å². The zero-order valence-corrected chi connectivity index (χ0v) is 12.1. The van der Waals surface area contributed by atoms with E-state index in [0.29, 0.717) is 30.8 Å². The molecule has 1 aromatic carbocycles. The van der Waals surface area contributed by atoms with Crippen molar-refractivity contribution in [2.75, 3.05) is 19.7 Å². The van der Waals surface area contributed by atoms with Gasteiger partial charge in [-0.15, -0.1) is 0 Å². The van der Waals surface area contributed by atoms with Crippen LogP contribution in [0.3, 0.4) is 0 Å². The van der Waals surface area contributed by atoms with Gasteiger partial charge in [0.25, 0.3) is 0 Å². The number of nitrogens with zero attached hydrogens (tertiary/aromatic N) is 1. The average molecular weight is 273 g/mol. The van der Waals surface area contributed by atoms with Crippen LogP contribution in [0.5, 0.6) is 0 Å². The zero-order chi connectivity index (χ0) is 13.9.